The molecule has 1 unspecified atom stereocenters. The zero-order valence-electron chi connectivity index (χ0n) is 16.2. The normalized spacial score (nSPS) is 20.4. The Morgan fingerprint density at radius 2 is 2.04 bits per heavy atom. The lowest BCUT2D eigenvalue weighted by molar-refractivity contribution is 0.186. The summed E-state index contributed by atoms with van der Waals surface area (Å²) in [7, 11) is 0. The van der Waals surface area contributed by atoms with Gasteiger partial charge in [-0.05, 0) is 70.3 Å². The Hall–Kier alpha value is -2.34. The van der Waals surface area contributed by atoms with E-state index < -0.39 is 0 Å². The molecule has 0 spiro atoms. The number of rotatable bonds is 4. The summed E-state index contributed by atoms with van der Waals surface area (Å²) in [4.78, 5) is 21.8. The Kier molecular flexibility index (Phi) is 5.16. The molecule has 2 aliphatic heterocycles. The van der Waals surface area contributed by atoms with Gasteiger partial charge in [0.2, 0.25) is 5.89 Å². The van der Waals surface area contributed by atoms with Crippen molar-refractivity contribution in [2.45, 2.75) is 45.6 Å². The maximum Gasteiger partial charge on any atom is 0.322 e. The Labute approximate surface area is 160 Å². The standard InChI is InChI=1S/C21H28N4O2/c1-15-7-8-17(20-22-16(2)14-27-20)12-19(15)23-21(26)25-11-5-6-18(25)13-24-9-3-4-10-24/h7-8,12,14,18H,3-6,9-11,13H2,1-2H3,(H,23,26). The maximum atomic E-state index is 13.0. The number of aryl methyl sites for hydroxylation is 2. The average molecular weight is 368 g/mol. The summed E-state index contributed by atoms with van der Waals surface area (Å²) >= 11 is 0. The number of hydrogen-bond acceptors (Lipinski definition) is 4. The van der Waals surface area contributed by atoms with Crippen molar-refractivity contribution in [1.29, 1.82) is 0 Å². The van der Waals surface area contributed by atoms with Gasteiger partial charge in [0.25, 0.3) is 0 Å². The van der Waals surface area contributed by atoms with E-state index >= 15 is 0 Å². The summed E-state index contributed by atoms with van der Waals surface area (Å²) in [6.45, 7) is 8.08. The van der Waals surface area contributed by atoms with Crippen molar-refractivity contribution in [3.05, 3.63) is 35.7 Å². The number of nitrogens with one attached hydrogen (secondary N) is 1. The molecule has 2 aliphatic rings. The van der Waals surface area contributed by atoms with Gasteiger partial charge in [0, 0.05) is 30.4 Å². The van der Waals surface area contributed by atoms with E-state index in [1.807, 2.05) is 36.9 Å². The van der Waals surface area contributed by atoms with Gasteiger partial charge in [0.15, 0.2) is 0 Å². The second-order valence-corrected chi connectivity index (χ2v) is 7.75. The second kappa shape index (κ2) is 7.72. The third-order valence-electron chi connectivity index (χ3n) is 5.65. The van der Waals surface area contributed by atoms with E-state index in [2.05, 4.69) is 15.2 Å². The molecule has 27 heavy (non-hydrogen) atoms. The molecule has 2 fully saturated rings. The molecule has 2 aromatic rings. The summed E-state index contributed by atoms with van der Waals surface area (Å²) in [5.41, 5.74) is 3.57. The first-order valence-electron chi connectivity index (χ1n) is 9.93. The van der Waals surface area contributed by atoms with Crippen LogP contribution in [0.15, 0.2) is 28.9 Å². The molecule has 1 aromatic heterocycles. The van der Waals surface area contributed by atoms with Crippen LogP contribution in [-0.4, -0.2) is 53.0 Å². The Balaban J connectivity index is 1.46. The monoisotopic (exact) mass is 368 g/mol. The number of urea groups is 1. The number of carbonyl (C=O) groups is 1. The Morgan fingerprint density at radius 1 is 1.22 bits per heavy atom. The summed E-state index contributed by atoms with van der Waals surface area (Å²) in [6.07, 6.45) is 6.39. The molecule has 0 bridgehead atoms. The highest BCUT2D eigenvalue weighted by Gasteiger charge is 2.31. The zero-order valence-corrected chi connectivity index (χ0v) is 16.2. The third-order valence-corrected chi connectivity index (χ3v) is 5.65. The number of amides is 2. The first kappa shape index (κ1) is 18.0. The molecule has 1 atom stereocenters. The molecule has 4 rings (SSSR count). The molecule has 2 amide bonds. The minimum Gasteiger partial charge on any atom is -0.444 e. The number of aromatic nitrogens is 1. The highest BCUT2D eigenvalue weighted by atomic mass is 16.3. The lowest BCUT2D eigenvalue weighted by Crippen LogP contribution is -2.44. The van der Waals surface area contributed by atoms with Gasteiger partial charge in [-0.2, -0.15) is 0 Å². The summed E-state index contributed by atoms with van der Waals surface area (Å²) in [6, 6.07) is 6.24. The van der Waals surface area contributed by atoms with Crippen molar-refractivity contribution in [2.24, 2.45) is 0 Å². The van der Waals surface area contributed by atoms with E-state index in [0.717, 1.165) is 48.4 Å². The largest absolute Gasteiger partial charge is 0.444 e. The van der Waals surface area contributed by atoms with E-state index in [9.17, 15) is 4.79 Å². The van der Waals surface area contributed by atoms with Crippen LogP contribution in [0.2, 0.25) is 0 Å². The highest BCUT2D eigenvalue weighted by molar-refractivity contribution is 5.91. The molecule has 3 heterocycles. The van der Waals surface area contributed by atoms with Crippen LogP contribution in [0.3, 0.4) is 0 Å². The number of likely N-dealkylation sites (tertiary alicyclic amines) is 2. The molecule has 1 N–H and O–H groups in total. The molecule has 144 valence electrons. The Morgan fingerprint density at radius 3 is 2.78 bits per heavy atom. The predicted molar refractivity (Wildman–Crippen MR) is 106 cm³/mol. The van der Waals surface area contributed by atoms with Crippen LogP contribution >= 0.6 is 0 Å². The SMILES string of the molecule is Cc1coc(-c2ccc(C)c(NC(=O)N3CCCC3CN3CCCC3)c2)n1. The van der Waals surface area contributed by atoms with Gasteiger partial charge in [0.05, 0.1) is 5.69 Å². The first-order chi connectivity index (χ1) is 13.1. The van der Waals surface area contributed by atoms with Gasteiger partial charge in [-0.15, -0.1) is 0 Å². The topological polar surface area (TPSA) is 61.6 Å². The smallest absolute Gasteiger partial charge is 0.322 e. The van der Waals surface area contributed by atoms with E-state index in [-0.39, 0.29) is 6.03 Å². The van der Waals surface area contributed by atoms with Gasteiger partial charge in [-0.3, -0.25) is 0 Å². The summed E-state index contributed by atoms with van der Waals surface area (Å²) < 4.78 is 5.50. The van der Waals surface area contributed by atoms with Crippen LogP contribution in [-0.2, 0) is 0 Å². The minimum absolute atomic E-state index is 0.000492. The zero-order chi connectivity index (χ0) is 18.8. The molecule has 0 radical (unpaired) electrons. The molecular weight excluding hydrogens is 340 g/mol. The number of anilines is 1. The number of benzene rings is 1. The maximum absolute atomic E-state index is 13.0. The van der Waals surface area contributed by atoms with Crippen LogP contribution in [0.4, 0.5) is 10.5 Å². The third kappa shape index (κ3) is 4.00. The number of oxazole rings is 1. The summed E-state index contributed by atoms with van der Waals surface area (Å²) in [5, 5.41) is 3.12. The second-order valence-electron chi connectivity index (χ2n) is 7.75. The molecule has 0 saturated carbocycles. The Bertz CT molecular complexity index is 810. The van der Waals surface area contributed by atoms with E-state index in [1.54, 1.807) is 6.26 Å². The van der Waals surface area contributed by atoms with Crippen molar-refractivity contribution >= 4 is 11.7 Å². The lowest BCUT2D eigenvalue weighted by Gasteiger charge is -2.29. The fourth-order valence-electron chi connectivity index (χ4n) is 4.12. The fraction of sp³-hybridized carbons (Fsp3) is 0.524. The van der Waals surface area contributed by atoms with Crippen LogP contribution < -0.4 is 5.32 Å². The van der Waals surface area contributed by atoms with Crippen molar-refractivity contribution in [1.82, 2.24) is 14.8 Å². The van der Waals surface area contributed by atoms with E-state index in [4.69, 9.17) is 4.42 Å². The van der Waals surface area contributed by atoms with Crippen LogP contribution in [0.1, 0.15) is 36.9 Å². The quantitative estimate of drug-likeness (QED) is 0.884. The van der Waals surface area contributed by atoms with Gasteiger partial charge in [-0.25, -0.2) is 9.78 Å². The molecule has 1 aromatic carbocycles. The average Bonchev–Trinajstić information content (AvgIpc) is 3.39. The lowest BCUT2D eigenvalue weighted by atomic mass is 10.1. The van der Waals surface area contributed by atoms with Gasteiger partial charge >= 0.3 is 6.03 Å². The molecule has 6 nitrogen and oxygen atoms in total. The predicted octanol–water partition coefficient (Wildman–Crippen LogP) is 4.05. The van der Waals surface area contributed by atoms with Crippen LogP contribution in [0.25, 0.3) is 11.5 Å². The van der Waals surface area contributed by atoms with Gasteiger partial charge in [-0.1, -0.05) is 6.07 Å². The van der Waals surface area contributed by atoms with Crippen molar-refractivity contribution in [3.63, 3.8) is 0 Å². The van der Waals surface area contributed by atoms with Gasteiger partial charge < -0.3 is 19.5 Å². The first-order valence-corrected chi connectivity index (χ1v) is 9.93. The van der Waals surface area contributed by atoms with Crippen LogP contribution in [0.5, 0.6) is 0 Å². The van der Waals surface area contributed by atoms with E-state index in [1.165, 1.54) is 25.9 Å². The molecule has 6 heteroatoms. The molecule has 0 aliphatic carbocycles. The number of hydrogen-bond donors (Lipinski definition) is 1. The fourth-order valence-corrected chi connectivity index (χ4v) is 4.12. The van der Waals surface area contributed by atoms with Crippen LogP contribution in [0, 0.1) is 13.8 Å². The van der Waals surface area contributed by atoms with Gasteiger partial charge in [0.1, 0.15) is 6.26 Å². The van der Waals surface area contributed by atoms with Crippen molar-refractivity contribution < 1.29 is 9.21 Å². The van der Waals surface area contributed by atoms with Crippen molar-refractivity contribution in [3.8, 4) is 11.5 Å². The highest BCUT2D eigenvalue weighted by Crippen LogP contribution is 2.27. The number of carbonyl (C=O) groups excluding carboxylic acids is 1. The molecular formula is C21H28N4O2. The summed E-state index contributed by atoms with van der Waals surface area (Å²) in [5.74, 6) is 0.580. The number of nitrogens with zero attached hydrogens (tertiary/aromatic N) is 3. The molecule has 2 saturated heterocycles. The van der Waals surface area contributed by atoms with Crippen molar-refractivity contribution in [2.75, 3.05) is 31.5 Å². The minimum atomic E-state index is 0.000492. The van der Waals surface area contributed by atoms with E-state index in [0.29, 0.717) is 11.9 Å².